The van der Waals surface area contributed by atoms with Gasteiger partial charge in [0.2, 0.25) is 0 Å². The maximum Gasteiger partial charge on any atom is 0.270 e. The summed E-state index contributed by atoms with van der Waals surface area (Å²) in [4.78, 5) is 10.0. The average Bonchev–Trinajstić information content (AvgIpc) is 2.60. The number of hydrogen-bond acceptors (Lipinski definition) is 4. The van der Waals surface area contributed by atoms with Crippen molar-refractivity contribution >= 4 is 17.9 Å². The van der Waals surface area contributed by atoms with E-state index < -0.39 is 10.7 Å². The van der Waals surface area contributed by atoms with Crippen molar-refractivity contribution in [1.82, 2.24) is 14.8 Å². The second kappa shape index (κ2) is 4.06. The third-order valence-electron chi connectivity index (χ3n) is 2.28. The van der Waals surface area contributed by atoms with E-state index in [0.717, 1.165) is 18.2 Å². The maximum absolute atomic E-state index is 13.6. The van der Waals surface area contributed by atoms with Gasteiger partial charge in [-0.1, -0.05) is 0 Å². The van der Waals surface area contributed by atoms with Crippen molar-refractivity contribution in [2.24, 2.45) is 7.05 Å². The highest BCUT2D eigenvalue weighted by atomic mass is 32.1. The van der Waals surface area contributed by atoms with Crippen LogP contribution in [-0.4, -0.2) is 19.7 Å². The summed E-state index contributed by atoms with van der Waals surface area (Å²) in [6, 6.07) is 3.26. The van der Waals surface area contributed by atoms with Crippen molar-refractivity contribution in [3.63, 3.8) is 0 Å². The Labute approximate surface area is 99.9 Å². The fourth-order valence-electron chi connectivity index (χ4n) is 1.39. The van der Waals surface area contributed by atoms with E-state index >= 15 is 0 Å². The lowest BCUT2D eigenvalue weighted by Gasteiger charge is -2.02. The average molecular weight is 254 g/mol. The molecular formula is C9H7FN4O2S. The largest absolute Gasteiger partial charge is 0.303 e. The molecule has 0 amide bonds. The number of rotatable bonds is 2. The third kappa shape index (κ3) is 1.94. The molecule has 2 aromatic rings. The molecule has 2 rings (SSSR count). The molecule has 0 aliphatic rings. The molecule has 0 atom stereocenters. The van der Waals surface area contributed by atoms with Gasteiger partial charge in [0.15, 0.2) is 10.6 Å². The Bertz CT molecular complexity index is 649. The smallest absolute Gasteiger partial charge is 0.270 e. The van der Waals surface area contributed by atoms with Gasteiger partial charge in [0.05, 0.1) is 10.5 Å². The Morgan fingerprint density at radius 2 is 2.29 bits per heavy atom. The first-order chi connectivity index (χ1) is 8.00. The van der Waals surface area contributed by atoms with Crippen LogP contribution in [0.3, 0.4) is 0 Å². The number of nitrogens with one attached hydrogen (secondary N) is 1. The van der Waals surface area contributed by atoms with Crippen LogP contribution in [0.2, 0.25) is 0 Å². The Morgan fingerprint density at radius 3 is 2.82 bits per heavy atom. The summed E-state index contributed by atoms with van der Waals surface area (Å²) < 4.78 is 15.3. The van der Waals surface area contributed by atoms with Crippen LogP contribution in [0.4, 0.5) is 10.1 Å². The van der Waals surface area contributed by atoms with Gasteiger partial charge in [-0.3, -0.25) is 15.2 Å². The summed E-state index contributed by atoms with van der Waals surface area (Å²) in [5.74, 6) is -0.371. The zero-order valence-electron chi connectivity index (χ0n) is 8.68. The van der Waals surface area contributed by atoms with Crippen LogP contribution < -0.4 is 0 Å². The van der Waals surface area contributed by atoms with Crippen LogP contribution in [0, 0.1) is 20.7 Å². The molecule has 1 aromatic carbocycles. The Kier molecular flexibility index (Phi) is 2.72. The van der Waals surface area contributed by atoms with Crippen LogP contribution in [0.5, 0.6) is 0 Å². The van der Waals surface area contributed by atoms with Gasteiger partial charge in [0, 0.05) is 19.2 Å². The highest BCUT2D eigenvalue weighted by Crippen LogP contribution is 2.25. The van der Waals surface area contributed by atoms with Crippen LogP contribution in [0.1, 0.15) is 0 Å². The molecule has 0 bridgehead atoms. The summed E-state index contributed by atoms with van der Waals surface area (Å²) in [6.07, 6.45) is 0. The number of hydrogen-bond donors (Lipinski definition) is 1. The predicted octanol–water partition coefficient (Wildman–Crippen LogP) is 2.19. The first-order valence-electron chi connectivity index (χ1n) is 4.56. The quantitative estimate of drug-likeness (QED) is 0.506. The number of halogens is 1. The molecule has 1 N–H and O–H groups in total. The molecule has 17 heavy (non-hydrogen) atoms. The highest BCUT2D eigenvalue weighted by Gasteiger charge is 2.16. The standard InChI is InChI=1S/C9H7FN4O2S/c1-13-8(11-12-9(13)17)6-4-5(14(15)16)2-3-7(6)10/h2-4H,1H3,(H,12,17). The summed E-state index contributed by atoms with van der Waals surface area (Å²) in [5, 5.41) is 16.9. The molecule has 0 radical (unpaired) electrons. The van der Waals surface area contributed by atoms with Crippen LogP contribution in [0.25, 0.3) is 11.4 Å². The lowest BCUT2D eigenvalue weighted by Crippen LogP contribution is -1.97. The van der Waals surface area contributed by atoms with Gasteiger partial charge >= 0.3 is 0 Å². The topological polar surface area (TPSA) is 76.8 Å². The van der Waals surface area contributed by atoms with Gasteiger partial charge < -0.3 is 4.57 Å². The summed E-state index contributed by atoms with van der Waals surface area (Å²) in [6.45, 7) is 0. The fourth-order valence-corrected chi connectivity index (χ4v) is 1.52. The van der Waals surface area contributed by atoms with E-state index in [-0.39, 0.29) is 17.1 Å². The first kappa shape index (κ1) is 11.4. The second-order valence-corrected chi connectivity index (χ2v) is 3.72. The van der Waals surface area contributed by atoms with Crippen molar-refractivity contribution in [3.05, 3.63) is 38.9 Å². The SMILES string of the molecule is Cn1c(-c2cc([N+](=O)[O-])ccc2F)n[nH]c1=S. The number of nitro benzene ring substituents is 1. The molecule has 0 fully saturated rings. The Morgan fingerprint density at radius 1 is 1.59 bits per heavy atom. The number of non-ortho nitro benzene ring substituents is 1. The second-order valence-electron chi connectivity index (χ2n) is 3.33. The molecule has 0 saturated carbocycles. The van der Waals surface area contributed by atoms with Crippen molar-refractivity contribution in [3.8, 4) is 11.4 Å². The van der Waals surface area contributed by atoms with E-state index in [0.29, 0.717) is 4.77 Å². The van der Waals surface area contributed by atoms with Crippen LogP contribution in [0.15, 0.2) is 18.2 Å². The van der Waals surface area contributed by atoms with Gasteiger partial charge in [-0.15, -0.1) is 0 Å². The molecule has 6 nitrogen and oxygen atoms in total. The molecule has 0 unspecified atom stereocenters. The first-order valence-corrected chi connectivity index (χ1v) is 4.97. The van der Waals surface area contributed by atoms with E-state index in [2.05, 4.69) is 10.2 Å². The van der Waals surface area contributed by atoms with Gasteiger partial charge in [-0.25, -0.2) is 4.39 Å². The van der Waals surface area contributed by atoms with E-state index in [1.807, 2.05) is 0 Å². The van der Waals surface area contributed by atoms with E-state index in [1.54, 1.807) is 7.05 Å². The normalized spacial score (nSPS) is 10.5. The molecule has 0 saturated heterocycles. The van der Waals surface area contributed by atoms with E-state index in [9.17, 15) is 14.5 Å². The summed E-state index contributed by atoms with van der Waals surface area (Å²) >= 11 is 4.89. The highest BCUT2D eigenvalue weighted by molar-refractivity contribution is 7.71. The number of nitro groups is 1. The van der Waals surface area contributed by atoms with Gasteiger partial charge in [-0.2, -0.15) is 5.10 Å². The number of benzene rings is 1. The zero-order chi connectivity index (χ0) is 12.6. The summed E-state index contributed by atoms with van der Waals surface area (Å²) in [5.41, 5.74) is -0.163. The van der Waals surface area contributed by atoms with Crippen molar-refractivity contribution in [2.75, 3.05) is 0 Å². The van der Waals surface area contributed by atoms with Crippen LogP contribution in [-0.2, 0) is 7.05 Å². The number of H-pyrrole nitrogens is 1. The minimum absolute atomic E-state index is 0.0362. The van der Waals surface area contributed by atoms with E-state index in [1.165, 1.54) is 4.57 Å². The minimum atomic E-state index is -0.593. The number of aromatic amines is 1. The number of nitrogens with zero attached hydrogens (tertiary/aromatic N) is 3. The van der Waals surface area contributed by atoms with Crippen molar-refractivity contribution < 1.29 is 9.31 Å². The predicted molar refractivity (Wildman–Crippen MR) is 60.4 cm³/mol. The maximum atomic E-state index is 13.6. The monoisotopic (exact) mass is 254 g/mol. The van der Waals surface area contributed by atoms with Gasteiger partial charge in [-0.05, 0) is 18.3 Å². The molecule has 8 heteroatoms. The van der Waals surface area contributed by atoms with Gasteiger partial charge in [0.1, 0.15) is 5.82 Å². The molecule has 0 aliphatic heterocycles. The lowest BCUT2D eigenvalue weighted by molar-refractivity contribution is -0.384. The molecular weight excluding hydrogens is 247 g/mol. The van der Waals surface area contributed by atoms with Crippen molar-refractivity contribution in [2.45, 2.75) is 0 Å². The van der Waals surface area contributed by atoms with E-state index in [4.69, 9.17) is 12.2 Å². The number of aromatic nitrogens is 3. The van der Waals surface area contributed by atoms with Crippen molar-refractivity contribution in [1.29, 1.82) is 0 Å². The van der Waals surface area contributed by atoms with Crippen LogP contribution >= 0.6 is 12.2 Å². The van der Waals surface area contributed by atoms with Gasteiger partial charge in [0.25, 0.3) is 5.69 Å². The summed E-state index contributed by atoms with van der Waals surface area (Å²) in [7, 11) is 1.60. The molecule has 1 heterocycles. The fraction of sp³-hybridized carbons (Fsp3) is 0.111. The zero-order valence-corrected chi connectivity index (χ0v) is 9.49. The Hall–Kier alpha value is -2.09. The third-order valence-corrected chi connectivity index (χ3v) is 2.65. The molecule has 0 aliphatic carbocycles. The molecule has 1 aromatic heterocycles. The minimum Gasteiger partial charge on any atom is -0.303 e. The molecule has 0 spiro atoms. The molecule has 88 valence electrons. The lowest BCUT2D eigenvalue weighted by atomic mass is 10.2. The Balaban J connectivity index is 2.66.